The summed E-state index contributed by atoms with van der Waals surface area (Å²) >= 11 is 12.4. The monoisotopic (exact) mass is 415 g/mol. The number of anilines is 1. The van der Waals surface area contributed by atoms with E-state index in [4.69, 9.17) is 23.2 Å². The van der Waals surface area contributed by atoms with Gasteiger partial charge in [0.05, 0.1) is 21.7 Å². The summed E-state index contributed by atoms with van der Waals surface area (Å²) < 4.78 is 0. The van der Waals surface area contributed by atoms with E-state index in [1.165, 1.54) is 0 Å². The number of carbonyl (C=O) groups excluding carboxylic acids is 2. The lowest BCUT2D eigenvalue weighted by Gasteiger charge is -2.19. The Bertz CT molecular complexity index is 1050. The van der Waals surface area contributed by atoms with Gasteiger partial charge in [0, 0.05) is 35.4 Å². The second-order valence-electron chi connectivity index (χ2n) is 6.15. The molecule has 144 valence electrons. The van der Waals surface area contributed by atoms with Gasteiger partial charge in [-0.25, -0.2) is 0 Å². The number of benzene rings is 2. The smallest absolute Gasteiger partial charge is 0.257 e. The number of nitrogens with one attached hydrogen (secondary N) is 1. The maximum atomic E-state index is 12.8. The topological polar surface area (TPSA) is 62.3 Å². The van der Waals surface area contributed by atoms with Gasteiger partial charge in [0.1, 0.15) is 0 Å². The highest BCUT2D eigenvalue weighted by Gasteiger charge is 2.18. The zero-order valence-corrected chi connectivity index (χ0v) is 17.0. The Balaban J connectivity index is 1.88. The second kappa shape index (κ2) is 8.59. The molecule has 2 aromatic carbocycles. The van der Waals surface area contributed by atoms with E-state index in [2.05, 4.69) is 10.3 Å². The fourth-order valence-corrected chi connectivity index (χ4v) is 3.46. The van der Waals surface area contributed by atoms with E-state index in [0.29, 0.717) is 40.4 Å². The summed E-state index contributed by atoms with van der Waals surface area (Å²) in [5.74, 6) is -0.497. The normalized spacial score (nSPS) is 10.7. The van der Waals surface area contributed by atoms with Gasteiger partial charge >= 0.3 is 0 Å². The first kappa shape index (κ1) is 20.1. The molecular formula is C21H19Cl2N3O2. The molecule has 0 spiro atoms. The largest absolute Gasteiger partial charge is 0.339 e. The lowest BCUT2D eigenvalue weighted by molar-refractivity contribution is 0.0773. The standard InChI is InChI=1S/C21H19Cl2N3O2/c1-3-26(4-2)21(28)16-8-7-15(12-18(16)23)25-20(27)17-11-14(22)10-13-6-5-9-24-19(13)17/h5-12H,3-4H2,1-2H3,(H,25,27). The van der Waals surface area contributed by atoms with Crippen molar-refractivity contribution in [2.24, 2.45) is 0 Å². The van der Waals surface area contributed by atoms with Crippen LogP contribution < -0.4 is 5.32 Å². The van der Waals surface area contributed by atoms with Gasteiger partial charge in [0.2, 0.25) is 0 Å². The van der Waals surface area contributed by atoms with Gasteiger partial charge in [-0.3, -0.25) is 14.6 Å². The Morgan fingerprint density at radius 2 is 1.79 bits per heavy atom. The number of hydrogen-bond donors (Lipinski definition) is 1. The molecule has 0 bridgehead atoms. The molecule has 7 heteroatoms. The number of nitrogens with zero attached hydrogens (tertiary/aromatic N) is 2. The van der Waals surface area contributed by atoms with Crippen molar-refractivity contribution in [1.82, 2.24) is 9.88 Å². The average molecular weight is 416 g/mol. The quantitative estimate of drug-likeness (QED) is 0.616. The molecule has 0 unspecified atom stereocenters. The molecule has 0 aliphatic carbocycles. The molecule has 3 aromatic rings. The number of amides is 2. The Morgan fingerprint density at radius 3 is 2.46 bits per heavy atom. The first-order valence-corrected chi connectivity index (χ1v) is 9.64. The third-order valence-electron chi connectivity index (χ3n) is 4.42. The van der Waals surface area contributed by atoms with Crippen LogP contribution in [-0.4, -0.2) is 34.8 Å². The molecule has 28 heavy (non-hydrogen) atoms. The van der Waals surface area contributed by atoms with Gasteiger partial charge in [-0.2, -0.15) is 0 Å². The molecular weight excluding hydrogens is 397 g/mol. The number of halogens is 2. The van der Waals surface area contributed by atoms with Crippen LogP contribution in [0, 0.1) is 0 Å². The number of hydrogen-bond acceptors (Lipinski definition) is 3. The molecule has 0 saturated carbocycles. The van der Waals surface area contributed by atoms with Crippen LogP contribution in [0.25, 0.3) is 10.9 Å². The number of carbonyl (C=O) groups is 2. The molecule has 0 aliphatic heterocycles. The van der Waals surface area contributed by atoms with Crippen LogP contribution in [0.5, 0.6) is 0 Å². The third kappa shape index (κ3) is 4.11. The number of rotatable bonds is 5. The van der Waals surface area contributed by atoms with Crippen LogP contribution in [-0.2, 0) is 0 Å². The van der Waals surface area contributed by atoms with Crippen LogP contribution in [0.4, 0.5) is 5.69 Å². The molecule has 5 nitrogen and oxygen atoms in total. The summed E-state index contributed by atoms with van der Waals surface area (Å²) in [4.78, 5) is 31.2. The van der Waals surface area contributed by atoms with Crippen molar-refractivity contribution in [3.8, 4) is 0 Å². The van der Waals surface area contributed by atoms with Crippen molar-refractivity contribution >= 4 is 51.6 Å². The van der Waals surface area contributed by atoms with Gasteiger partial charge in [0.25, 0.3) is 11.8 Å². The Hall–Kier alpha value is -2.63. The second-order valence-corrected chi connectivity index (χ2v) is 7.00. The summed E-state index contributed by atoms with van der Waals surface area (Å²) in [6.45, 7) is 5.01. The van der Waals surface area contributed by atoms with E-state index in [1.54, 1.807) is 47.5 Å². The minimum atomic E-state index is -0.356. The molecule has 0 saturated heterocycles. The van der Waals surface area contributed by atoms with Gasteiger partial charge in [0.15, 0.2) is 0 Å². The molecule has 1 N–H and O–H groups in total. The van der Waals surface area contributed by atoms with Crippen LogP contribution in [0.1, 0.15) is 34.6 Å². The maximum Gasteiger partial charge on any atom is 0.257 e. The van der Waals surface area contributed by atoms with E-state index in [-0.39, 0.29) is 16.8 Å². The van der Waals surface area contributed by atoms with Gasteiger partial charge in [-0.15, -0.1) is 0 Å². The first-order chi connectivity index (χ1) is 13.4. The van der Waals surface area contributed by atoms with Crippen LogP contribution in [0.2, 0.25) is 10.0 Å². The van der Waals surface area contributed by atoms with Crippen molar-refractivity contribution in [3.63, 3.8) is 0 Å². The van der Waals surface area contributed by atoms with Gasteiger partial charge in [-0.1, -0.05) is 29.3 Å². The highest BCUT2D eigenvalue weighted by molar-refractivity contribution is 6.34. The van der Waals surface area contributed by atoms with E-state index >= 15 is 0 Å². The summed E-state index contributed by atoms with van der Waals surface area (Å²) in [6.07, 6.45) is 1.62. The zero-order valence-electron chi connectivity index (χ0n) is 15.5. The highest BCUT2D eigenvalue weighted by atomic mass is 35.5. The lowest BCUT2D eigenvalue weighted by atomic mass is 10.1. The maximum absolute atomic E-state index is 12.8. The van der Waals surface area contributed by atoms with E-state index in [9.17, 15) is 9.59 Å². The average Bonchev–Trinajstić information content (AvgIpc) is 2.68. The molecule has 0 fully saturated rings. The van der Waals surface area contributed by atoms with Crippen LogP contribution in [0.3, 0.4) is 0 Å². The van der Waals surface area contributed by atoms with E-state index in [0.717, 1.165) is 5.39 Å². The van der Waals surface area contributed by atoms with Crippen LogP contribution in [0.15, 0.2) is 48.7 Å². The fourth-order valence-electron chi connectivity index (χ4n) is 2.97. The molecule has 3 rings (SSSR count). The fraction of sp³-hybridized carbons (Fsp3) is 0.190. The first-order valence-electron chi connectivity index (χ1n) is 8.89. The predicted octanol–water partition coefficient (Wildman–Crippen LogP) is 5.28. The Kier molecular flexibility index (Phi) is 6.17. The summed E-state index contributed by atoms with van der Waals surface area (Å²) in [5, 5.41) is 4.30. The Morgan fingerprint density at radius 1 is 1.04 bits per heavy atom. The molecule has 2 amide bonds. The van der Waals surface area contributed by atoms with Crippen LogP contribution >= 0.6 is 23.2 Å². The van der Waals surface area contributed by atoms with Crippen molar-refractivity contribution in [3.05, 3.63) is 69.8 Å². The lowest BCUT2D eigenvalue weighted by Crippen LogP contribution is -2.30. The van der Waals surface area contributed by atoms with Crippen molar-refractivity contribution < 1.29 is 9.59 Å². The van der Waals surface area contributed by atoms with Gasteiger partial charge in [-0.05, 0) is 50.2 Å². The molecule has 1 heterocycles. The zero-order chi connectivity index (χ0) is 20.3. The minimum absolute atomic E-state index is 0.141. The van der Waals surface area contributed by atoms with Crippen molar-refractivity contribution in [1.29, 1.82) is 0 Å². The summed E-state index contributed by atoms with van der Waals surface area (Å²) in [7, 11) is 0. The molecule has 0 radical (unpaired) electrons. The number of pyridine rings is 1. The van der Waals surface area contributed by atoms with E-state index < -0.39 is 0 Å². The number of aromatic nitrogens is 1. The van der Waals surface area contributed by atoms with Gasteiger partial charge < -0.3 is 10.2 Å². The predicted molar refractivity (Wildman–Crippen MR) is 113 cm³/mol. The summed E-state index contributed by atoms with van der Waals surface area (Å²) in [5.41, 5.74) is 1.81. The molecule has 1 aromatic heterocycles. The Labute approximate surface area is 173 Å². The summed E-state index contributed by atoms with van der Waals surface area (Å²) in [6, 6.07) is 11.8. The SMILES string of the molecule is CCN(CC)C(=O)c1ccc(NC(=O)c2cc(Cl)cc3cccnc23)cc1Cl. The molecule has 0 atom stereocenters. The van der Waals surface area contributed by atoms with Crippen molar-refractivity contribution in [2.75, 3.05) is 18.4 Å². The highest BCUT2D eigenvalue weighted by Crippen LogP contribution is 2.25. The van der Waals surface area contributed by atoms with Crippen molar-refractivity contribution in [2.45, 2.75) is 13.8 Å². The van der Waals surface area contributed by atoms with E-state index in [1.807, 2.05) is 19.9 Å². The minimum Gasteiger partial charge on any atom is -0.339 e. The third-order valence-corrected chi connectivity index (χ3v) is 4.95. The number of fused-ring (bicyclic) bond motifs is 1. The molecule has 0 aliphatic rings.